The van der Waals surface area contributed by atoms with Crippen molar-refractivity contribution in [1.82, 2.24) is 19.6 Å². The number of anilines is 1. The lowest BCUT2D eigenvalue weighted by atomic mass is 10.1. The van der Waals surface area contributed by atoms with E-state index in [0.717, 1.165) is 16.8 Å². The molecule has 0 amide bonds. The first-order valence-electron chi connectivity index (χ1n) is 7.41. The molecule has 2 aromatic carbocycles. The molecule has 23 heavy (non-hydrogen) atoms. The molecule has 0 radical (unpaired) electrons. The lowest BCUT2D eigenvalue weighted by Crippen LogP contribution is -2.07. The SMILES string of the molecule is Nc1nc(Cc2ccccc2)nc2cc(-c3ccccc3)nn12. The highest BCUT2D eigenvalue weighted by molar-refractivity contribution is 5.64. The van der Waals surface area contributed by atoms with Crippen molar-refractivity contribution in [1.29, 1.82) is 0 Å². The van der Waals surface area contributed by atoms with E-state index in [2.05, 4.69) is 27.2 Å². The van der Waals surface area contributed by atoms with Crippen LogP contribution < -0.4 is 5.73 Å². The minimum Gasteiger partial charge on any atom is -0.368 e. The van der Waals surface area contributed by atoms with Crippen LogP contribution in [0, 0.1) is 0 Å². The Bertz CT molecular complexity index is 945. The Kier molecular flexibility index (Phi) is 3.24. The second-order valence-electron chi connectivity index (χ2n) is 5.33. The highest BCUT2D eigenvalue weighted by Gasteiger charge is 2.10. The van der Waals surface area contributed by atoms with Gasteiger partial charge in [0, 0.05) is 18.1 Å². The van der Waals surface area contributed by atoms with Gasteiger partial charge in [-0.3, -0.25) is 0 Å². The molecule has 2 aromatic heterocycles. The maximum absolute atomic E-state index is 6.05. The third-order valence-corrected chi connectivity index (χ3v) is 3.67. The van der Waals surface area contributed by atoms with Crippen LogP contribution >= 0.6 is 0 Å². The first-order chi connectivity index (χ1) is 11.3. The summed E-state index contributed by atoms with van der Waals surface area (Å²) in [5, 5.41) is 4.50. The molecule has 112 valence electrons. The Morgan fingerprint density at radius 3 is 2.30 bits per heavy atom. The number of nitrogens with zero attached hydrogens (tertiary/aromatic N) is 4. The number of hydrogen-bond acceptors (Lipinski definition) is 4. The van der Waals surface area contributed by atoms with Crippen LogP contribution in [0.1, 0.15) is 11.4 Å². The van der Waals surface area contributed by atoms with Crippen molar-refractivity contribution in [3.63, 3.8) is 0 Å². The van der Waals surface area contributed by atoms with E-state index in [4.69, 9.17) is 5.73 Å². The predicted molar refractivity (Wildman–Crippen MR) is 89.9 cm³/mol. The van der Waals surface area contributed by atoms with E-state index < -0.39 is 0 Å². The Labute approximate surface area is 133 Å². The average molecular weight is 301 g/mol. The van der Waals surface area contributed by atoms with Gasteiger partial charge in [0.2, 0.25) is 5.95 Å². The van der Waals surface area contributed by atoms with Crippen LogP contribution in [-0.2, 0) is 6.42 Å². The first kappa shape index (κ1) is 13.5. The smallest absolute Gasteiger partial charge is 0.224 e. The summed E-state index contributed by atoms with van der Waals surface area (Å²) < 4.78 is 1.58. The fourth-order valence-electron chi connectivity index (χ4n) is 2.56. The van der Waals surface area contributed by atoms with Crippen LogP contribution in [0.25, 0.3) is 16.9 Å². The lowest BCUT2D eigenvalue weighted by Gasteiger charge is -2.03. The van der Waals surface area contributed by atoms with Gasteiger partial charge in [-0.2, -0.15) is 14.6 Å². The summed E-state index contributed by atoms with van der Waals surface area (Å²) in [5.41, 5.74) is 9.78. The van der Waals surface area contributed by atoms with Crippen molar-refractivity contribution in [2.45, 2.75) is 6.42 Å². The molecule has 2 N–H and O–H groups in total. The quantitative estimate of drug-likeness (QED) is 0.631. The molecule has 0 atom stereocenters. The van der Waals surface area contributed by atoms with E-state index in [1.165, 1.54) is 0 Å². The predicted octanol–water partition coefficient (Wildman–Crippen LogP) is 2.96. The minimum atomic E-state index is 0.350. The number of rotatable bonds is 3. The average Bonchev–Trinajstić information content (AvgIpc) is 3.01. The summed E-state index contributed by atoms with van der Waals surface area (Å²) in [6.45, 7) is 0. The van der Waals surface area contributed by atoms with Crippen LogP contribution in [-0.4, -0.2) is 19.6 Å². The van der Waals surface area contributed by atoms with Gasteiger partial charge in [0.15, 0.2) is 5.65 Å². The standard InChI is InChI=1S/C18H15N5/c19-18-21-16(11-13-7-3-1-4-8-13)20-17-12-15(22-23(17)18)14-9-5-2-6-10-14/h1-10,12H,11H2,(H2,19,20,21). The Morgan fingerprint density at radius 2 is 1.57 bits per heavy atom. The van der Waals surface area contributed by atoms with Crippen LogP contribution in [0.2, 0.25) is 0 Å². The van der Waals surface area contributed by atoms with Crippen LogP contribution in [0.5, 0.6) is 0 Å². The molecule has 5 nitrogen and oxygen atoms in total. The van der Waals surface area contributed by atoms with Gasteiger partial charge >= 0.3 is 0 Å². The highest BCUT2D eigenvalue weighted by Crippen LogP contribution is 2.20. The molecule has 0 bridgehead atoms. The molecule has 0 fully saturated rings. The number of hydrogen-bond donors (Lipinski definition) is 1. The molecular weight excluding hydrogens is 286 g/mol. The van der Waals surface area contributed by atoms with E-state index in [0.29, 0.717) is 23.8 Å². The van der Waals surface area contributed by atoms with Gasteiger partial charge in [0.1, 0.15) is 5.82 Å². The first-order valence-corrected chi connectivity index (χ1v) is 7.41. The van der Waals surface area contributed by atoms with Gasteiger partial charge < -0.3 is 5.73 Å². The number of nitrogens with two attached hydrogens (primary N) is 1. The zero-order valence-corrected chi connectivity index (χ0v) is 12.4. The zero-order chi connectivity index (χ0) is 15.6. The van der Waals surface area contributed by atoms with Crippen molar-refractivity contribution in [3.8, 4) is 11.3 Å². The summed E-state index contributed by atoms with van der Waals surface area (Å²) in [7, 11) is 0. The monoisotopic (exact) mass is 301 g/mol. The Morgan fingerprint density at radius 1 is 0.870 bits per heavy atom. The summed E-state index contributed by atoms with van der Waals surface area (Å²) in [6, 6.07) is 22.0. The number of nitrogen functional groups attached to an aromatic ring is 1. The van der Waals surface area contributed by atoms with Gasteiger partial charge in [-0.25, -0.2) is 4.98 Å². The normalized spacial score (nSPS) is 11.0. The summed E-state index contributed by atoms with van der Waals surface area (Å²) >= 11 is 0. The molecule has 4 rings (SSSR count). The Hall–Kier alpha value is -3.21. The minimum absolute atomic E-state index is 0.350. The van der Waals surface area contributed by atoms with Crippen LogP contribution in [0.15, 0.2) is 66.7 Å². The highest BCUT2D eigenvalue weighted by atomic mass is 15.3. The third-order valence-electron chi connectivity index (χ3n) is 3.67. The maximum Gasteiger partial charge on any atom is 0.224 e. The molecule has 0 saturated heterocycles. The van der Waals surface area contributed by atoms with E-state index in [-0.39, 0.29) is 0 Å². The second kappa shape index (κ2) is 5.53. The van der Waals surface area contributed by atoms with Gasteiger partial charge in [0.25, 0.3) is 0 Å². The maximum atomic E-state index is 6.05. The Balaban J connectivity index is 1.75. The second-order valence-corrected chi connectivity index (χ2v) is 5.33. The van der Waals surface area contributed by atoms with Crippen molar-refractivity contribution in [2.75, 3.05) is 5.73 Å². The molecule has 0 unspecified atom stereocenters. The van der Waals surface area contributed by atoms with Crippen molar-refractivity contribution >= 4 is 11.6 Å². The number of fused-ring (bicyclic) bond motifs is 1. The van der Waals surface area contributed by atoms with Gasteiger partial charge in [-0.1, -0.05) is 60.7 Å². The summed E-state index contributed by atoms with van der Waals surface area (Å²) in [6.07, 6.45) is 0.646. The molecule has 4 aromatic rings. The summed E-state index contributed by atoms with van der Waals surface area (Å²) in [5.74, 6) is 1.05. The lowest BCUT2D eigenvalue weighted by molar-refractivity contribution is 0.867. The van der Waals surface area contributed by atoms with Crippen LogP contribution in [0.4, 0.5) is 5.95 Å². The molecule has 0 spiro atoms. The third kappa shape index (κ3) is 2.64. The molecule has 2 heterocycles. The summed E-state index contributed by atoms with van der Waals surface area (Å²) in [4.78, 5) is 8.96. The topological polar surface area (TPSA) is 69.1 Å². The molecule has 0 aliphatic carbocycles. The van der Waals surface area contributed by atoms with E-state index in [9.17, 15) is 0 Å². The van der Waals surface area contributed by atoms with Gasteiger partial charge in [-0.15, -0.1) is 0 Å². The molecule has 0 aliphatic heterocycles. The van der Waals surface area contributed by atoms with E-state index >= 15 is 0 Å². The fourth-order valence-corrected chi connectivity index (χ4v) is 2.56. The fraction of sp³-hybridized carbons (Fsp3) is 0.0556. The van der Waals surface area contributed by atoms with Crippen LogP contribution in [0.3, 0.4) is 0 Å². The van der Waals surface area contributed by atoms with E-state index in [1.807, 2.05) is 54.6 Å². The largest absolute Gasteiger partial charge is 0.368 e. The van der Waals surface area contributed by atoms with Gasteiger partial charge in [-0.05, 0) is 5.56 Å². The molecule has 0 aliphatic rings. The van der Waals surface area contributed by atoms with Crippen molar-refractivity contribution in [3.05, 3.63) is 78.1 Å². The zero-order valence-electron chi connectivity index (χ0n) is 12.4. The molecule has 5 heteroatoms. The van der Waals surface area contributed by atoms with Crippen molar-refractivity contribution < 1.29 is 0 Å². The number of benzene rings is 2. The van der Waals surface area contributed by atoms with E-state index in [1.54, 1.807) is 4.52 Å². The van der Waals surface area contributed by atoms with Gasteiger partial charge in [0.05, 0.1) is 5.69 Å². The molecule has 0 saturated carbocycles. The molecular formula is C18H15N5. The van der Waals surface area contributed by atoms with Crippen molar-refractivity contribution in [2.24, 2.45) is 0 Å². The number of aromatic nitrogens is 4.